The number of amides is 1. The average Bonchev–Trinajstić information content (AvgIpc) is 2.14. The van der Waals surface area contributed by atoms with Crippen molar-refractivity contribution in [3.63, 3.8) is 0 Å². The van der Waals surface area contributed by atoms with Crippen molar-refractivity contribution >= 4 is 12.4 Å². The number of aldehydes is 1. The van der Waals surface area contributed by atoms with E-state index in [1.807, 2.05) is 6.92 Å². The molecule has 0 aliphatic heterocycles. The molecular weight excluding hydrogens is 186 g/mol. The minimum atomic E-state index is -1.22. The molecule has 0 radical (unpaired) electrons. The molecule has 1 amide bonds. The molecule has 0 spiro atoms. The van der Waals surface area contributed by atoms with Crippen LogP contribution < -0.4 is 5.32 Å². The summed E-state index contributed by atoms with van der Waals surface area (Å²) in [5.41, 5.74) is -0.769. The number of carbonyl (C=O) groups excluding carboxylic acids is 1. The number of hydrogen-bond acceptors (Lipinski definition) is 3. The van der Waals surface area contributed by atoms with Gasteiger partial charge < -0.3 is 20.0 Å². The molecule has 0 rings (SSSR count). The summed E-state index contributed by atoms with van der Waals surface area (Å²) in [5, 5.41) is 10.6. The fourth-order valence-electron chi connectivity index (χ4n) is 1.34. The lowest BCUT2D eigenvalue weighted by atomic mass is 9.92. The number of carboxylic acid groups (broad SMARTS) is 1. The maximum absolute atomic E-state index is 10.7. The average molecular weight is 203 g/mol. The van der Waals surface area contributed by atoms with E-state index in [0.29, 0.717) is 12.7 Å². The van der Waals surface area contributed by atoms with Crippen molar-refractivity contribution in [3.8, 4) is 0 Å². The van der Waals surface area contributed by atoms with Crippen LogP contribution in [0.2, 0.25) is 0 Å². The van der Waals surface area contributed by atoms with Gasteiger partial charge in [-0.25, -0.2) is 4.79 Å². The van der Waals surface area contributed by atoms with Gasteiger partial charge in [-0.3, -0.25) is 0 Å². The zero-order chi connectivity index (χ0) is 11.2. The van der Waals surface area contributed by atoms with Gasteiger partial charge >= 0.3 is 6.09 Å². The first-order valence-corrected chi connectivity index (χ1v) is 4.50. The van der Waals surface area contributed by atoms with Crippen LogP contribution in [0.1, 0.15) is 26.7 Å². The van der Waals surface area contributed by atoms with E-state index in [-0.39, 0.29) is 0 Å². The molecular formula is C9H17NO4. The van der Waals surface area contributed by atoms with Crippen LogP contribution in [0, 0.1) is 0 Å². The predicted octanol–water partition coefficient (Wildman–Crippen LogP) is 1.03. The van der Waals surface area contributed by atoms with Crippen LogP contribution in [0.4, 0.5) is 4.79 Å². The van der Waals surface area contributed by atoms with E-state index >= 15 is 0 Å². The number of methoxy groups -OCH3 is 1. The van der Waals surface area contributed by atoms with Crippen LogP contribution in [0.5, 0.6) is 0 Å². The van der Waals surface area contributed by atoms with E-state index in [1.165, 1.54) is 7.11 Å². The van der Waals surface area contributed by atoms with Crippen molar-refractivity contribution < 1.29 is 19.4 Å². The summed E-state index contributed by atoms with van der Waals surface area (Å²) in [4.78, 5) is 21.1. The third kappa shape index (κ3) is 3.33. The smallest absolute Gasteiger partial charge is 0.405 e. The normalized spacial score (nSPS) is 16.8. The summed E-state index contributed by atoms with van der Waals surface area (Å²) in [7, 11) is 1.47. The van der Waals surface area contributed by atoms with E-state index in [4.69, 9.17) is 9.84 Å². The van der Waals surface area contributed by atoms with Crippen molar-refractivity contribution in [2.45, 2.75) is 38.3 Å². The standard InChI is InChI=1S/C9H17NO4/c1-4-5-9(2,14-3)7(6-11)10-8(12)13/h6-7,10H,4-5H2,1-3H3,(H,12,13). The fourth-order valence-corrected chi connectivity index (χ4v) is 1.34. The molecule has 2 unspecified atom stereocenters. The van der Waals surface area contributed by atoms with Gasteiger partial charge in [-0.15, -0.1) is 0 Å². The Hall–Kier alpha value is -1.10. The fraction of sp³-hybridized carbons (Fsp3) is 0.778. The molecule has 0 saturated carbocycles. The molecule has 0 aromatic heterocycles. The Balaban J connectivity index is 4.57. The van der Waals surface area contributed by atoms with Gasteiger partial charge in [0.25, 0.3) is 0 Å². The molecule has 82 valence electrons. The molecule has 14 heavy (non-hydrogen) atoms. The van der Waals surface area contributed by atoms with Crippen LogP contribution in [-0.2, 0) is 9.53 Å². The monoisotopic (exact) mass is 203 g/mol. The van der Waals surface area contributed by atoms with Crippen LogP contribution in [-0.4, -0.2) is 36.2 Å². The number of hydrogen-bond donors (Lipinski definition) is 2. The van der Waals surface area contributed by atoms with Crippen molar-refractivity contribution in [1.29, 1.82) is 0 Å². The highest BCUT2D eigenvalue weighted by Gasteiger charge is 2.34. The van der Waals surface area contributed by atoms with E-state index in [9.17, 15) is 9.59 Å². The lowest BCUT2D eigenvalue weighted by molar-refractivity contribution is -0.117. The van der Waals surface area contributed by atoms with Gasteiger partial charge in [-0.2, -0.15) is 0 Å². The summed E-state index contributed by atoms with van der Waals surface area (Å²) in [6.45, 7) is 3.66. The molecule has 2 N–H and O–H groups in total. The summed E-state index contributed by atoms with van der Waals surface area (Å²) in [6, 6.07) is -0.829. The second-order valence-electron chi connectivity index (χ2n) is 3.33. The Bertz CT molecular complexity index is 207. The zero-order valence-electron chi connectivity index (χ0n) is 8.74. The molecule has 5 nitrogen and oxygen atoms in total. The topological polar surface area (TPSA) is 75.6 Å². The first-order chi connectivity index (χ1) is 6.50. The van der Waals surface area contributed by atoms with E-state index in [0.717, 1.165) is 6.42 Å². The van der Waals surface area contributed by atoms with Crippen LogP contribution in [0.25, 0.3) is 0 Å². The largest absolute Gasteiger partial charge is 0.465 e. The van der Waals surface area contributed by atoms with E-state index in [1.54, 1.807) is 6.92 Å². The minimum absolute atomic E-state index is 0.563. The molecule has 0 aliphatic carbocycles. The molecule has 0 aliphatic rings. The third-order valence-electron chi connectivity index (χ3n) is 2.29. The number of carbonyl (C=O) groups is 2. The predicted molar refractivity (Wildman–Crippen MR) is 51.3 cm³/mol. The maximum Gasteiger partial charge on any atom is 0.405 e. The molecule has 0 aromatic carbocycles. The summed E-state index contributed by atoms with van der Waals surface area (Å²) in [6.07, 6.45) is 0.776. The third-order valence-corrected chi connectivity index (χ3v) is 2.29. The summed E-state index contributed by atoms with van der Waals surface area (Å²) >= 11 is 0. The van der Waals surface area contributed by atoms with E-state index < -0.39 is 17.7 Å². The molecule has 0 aromatic rings. The summed E-state index contributed by atoms with van der Waals surface area (Å²) in [5.74, 6) is 0. The first kappa shape index (κ1) is 12.9. The van der Waals surface area contributed by atoms with Gasteiger partial charge in [-0.1, -0.05) is 13.3 Å². The quantitative estimate of drug-likeness (QED) is 0.632. The van der Waals surface area contributed by atoms with Crippen molar-refractivity contribution in [1.82, 2.24) is 5.32 Å². The molecule has 0 bridgehead atoms. The second-order valence-corrected chi connectivity index (χ2v) is 3.33. The highest BCUT2D eigenvalue weighted by molar-refractivity contribution is 5.72. The van der Waals surface area contributed by atoms with Crippen LogP contribution in [0.15, 0.2) is 0 Å². The summed E-state index contributed by atoms with van der Waals surface area (Å²) < 4.78 is 5.18. The molecule has 0 fully saturated rings. The van der Waals surface area contributed by atoms with Crippen LogP contribution >= 0.6 is 0 Å². The van der Waals surface area contributed by atoms with Gasteiger partial charge in [0.05, 0.1) is 5.60 Å². The lowest BCUT2D eigenvalue weighted by Crippen LogP contribution is -2.52. The zero-order valence-corrected chi connectivity index (χ0v) is 8.74. The molecule has 2 atom stereocenters. The lowest BCUT2D eigenvalue weighted by Gasteiger charge is -2.32. The second kappa shape index (κ2) is 5.59. The molecule has 0 heterocycles. The maximum atomic E-state index is 10.7. The van der Waals surface area contributed by atoms with Crippen molar-refractivity contribution in [2.24, 2.45) is 0 Å². The Morgan fingerprint density at radius 2 is 2.29 bits per heavy atom. The van der Waals surface area contributed by atoms with Gasteiger partial charge in [0.2, 0.25) is 0 Å². The molecule has 0 saturated heterocycles. The number of nitrogens with one attached hydrogen (secondary N) is 1. The molecule has 5 heteroatoms. The van der Waals surface area contributed by atoms with Gasteiger partial charge in [0, 0.05) is 7.11 Å². The Morgan fingerprint density at radius 3 is 2.57 bits per heavy atom. The van der Waals surface area contributed by atoms with Gasteiger partial charge in [0.15, 0.2) is 0 Å². The van der Waals surface area contributed by atoms with Gasteiger partial charge in [0.1, 0.15) is 12.3 Å². The van der Waals surface area contributed by atoms with Crippen LogP contribution in [0.3, 0.4) is 0 Å². The highest BCUT2D eigenvalue weighted by atomic mass is 16.5. The number of rotatable bonds is 6. The van der Waals surface area contributed by atoms with Gasteiger partial charge in [-0.05, 0) is 13.3 Å². The number of ether oxygens (including phenoxy) is 1. The van der Waals surface area contributed by atoms with Crippen molar-refractivity contribution in [2.75, 3.05) is 7.11 Å². The first-order valence-electron chi connectivity index (χ1n) is 4.50. The highest BCUT2D eigenvalue weighted by Crippen LogP contribution is 2.20. The Labute approximate surface area is 83.4 Å². The minimum Gasteiger partial charge on any atom is -0.465 e. The van der Waals surface area contributed by atoms with E-state index in [2.05, 4.69) is 5.32 Å². The van der Waals surface area contributed by atoms with Crippen molar-refractivity contribution in [3.05, 3.63) is 0 Å². The SMILES string of the molecule is CCCC(C)(OC)C(C=O)NC(=O)O. The Kier molecular flexibility index (Phi) is 5.15. The Morgan fingerprint density at radius 1 is 1.71 bits per heavy atom.